The molecule has 0 saturated carbocycles. The molecule has 0 aliphatic heterocycles. The Hall–Kier alpha value is -1.81. The van der Waals surface area contributed by atoms with E-state index < -0.39 is 0 Å². The van der Waals surface area contributed by atoms with Crippen molar-refractivity contribution in [3.63, 3.8) is 0 Å². The lowest BCUT2D eigenvalue weighted by Gasteiger charge is -2.04. The van der Waals surface area contributed by atoms with Crippen LogP contribution in [0, 0.1) is 13.8 Å². The van der Waals surface area contributed by atoms with Crippen LogP contribution in [0.5, 0.6) is 0 Å². The van der Waals surface area contributed by atoms with Gasteiger partial charge < -0.3 is 10.3 Å². The van der Waals surface area contributed by atoms with E-state index in [0.29, 0.717) is 6.54 Å². The molecule has 0 unspecified atom stereocenters. The van der Waals surface area contributed by atoms with Crippen molar-refractivity contribution in [1.29, 1.82) is 0 Å². The Morgan fingerprint density at radius 3 is 2.65 bits per heavy atom. The van der Waals surface area contributed by atoms with Gasteiger partial charge in [-0.1, -0.05) is 33.6 Å². The van der Waals surface area contributed by atoms with Crippen LogP contribution < -0.4 is 5.32 Å². The summed E-state index contributed by atoms with van der Waals surface area (Å²) in [6, 6.07) is 12.5. The van der Waals surface area contributed by atoms with Gasteiger partial charge in [0.25, 0.3) is 0 Å². The highest BCUT2D eigenvalue weighted by Crippen LogP contribution is 2.22. The number of aromatic nitrogens is 2. The van der Waals surface area contributed by atoms with E-state index in [1.807, 2.05) is 0 Å². The van der Waals surface area contributed by atoms with Crippen LogP contribution in [0.4, 0.5) is 5.69 Å². The second kappa shape index (κ2) is 5.29. The first-order valence-electron chi connectivity index (χ1n) is 6.57. The van der Waals surface area contributed by atoms with Crippen LogP contribution in [0.2, 0.25) is 0 Å². The summed E-state index contributed by atoms with van der Waals surface area (Å²) in [4.78, 5) is 8.00. The fourth-order valence-electron chi connectivity index (χ4n) is 2.24. The zero-order valence-electron chi connectivity index (χ0n) is 11.5. The fraction of sp³-hybridized carbons (Fsp3) is 0.188. The van der Waals surface area contributed by atoms with Crippen molar-refractivity contribution in [2.45, 2.75) is 20.4 Å². The predicted octanol–water partition coefficient (Wildman–Crippen LogP) is 4.55. The first-order chi connectivity index (χ1) is 9.61. The number of aryl methyl sites for hydroxylation is 2. The molecule has 102 valence electrons. The molecule has 0 aliphatic carbocycles. The van der Waals surface area contributed by atoms with Gasteiger partial charge in [0.15, 0.2) is 0 Å². The summed E-state index contributed by atoms with van der Waals surface area (Å²) in [5.74, 6) is 0.946. The van der Waals surface area contributed by atoms with Crippen LogP contribution in [0.25, 0.3) is 11.0 Å². The maximum absolute atomic E-state index is 4.65. The maximum atomic E-state index is 4.65. The molecule has 0 fully saturated rings. The fourth-order valence-corrected chi connectivity index (χ4v) is 2.81. The minimum Gasteiger partial charge on any atom is -0.378 e. The normalized spacial score (nSPS) is 10.9. The van der Waals surface area contributed by atoms with E-state index in [0.717, 1.165) is 27.0 Å². The minimum atomic E-state index is 0.689. The summed E-state index contributed by atoms with van der Waals surface area (Å²) < 4.78 is 1.07. The van der Waals surface area contributed by atoms with Gasteiger partial charge in [-0.15, -0.1) is 0 Å². The van der Waals surface area contributed by atoms with Gasteiger partial charge in [-0.25, -0.2) is 4.98 Å². The van der Waals surface area contributed by atoms with Gasteiger partial charge in [0.2, 0.25) is 0 Å². The first kappa shape index (κ1) is 13.2. The molecule has 3 nitrogen and oxygen atoms in total. The molecular weight excluding hydrogens is 314 g/mol. The molecular formula is C16H16BrN3. The molecule has 0 saturated heterocycles. The summed E-state index contributed by atoms with van der Waals surface area (Å²) >= 11 is 3.51. The number of H-pyrrole nitrogens is 1. The third-order valence-electron chi connectivity index (χ3n) is 3.30. The van der Waals surface area contributed by atoms with Gasteiger partial charge in [0.1, 0.15) is 5.82 Å². The van der Waals surface area contributed by atoms with Crippen molar-refractivity contribution in [3.05, 3.63) is 57.8 Å². The number of benzene rings is 2. The van der Waals surface area contributed by atoms with Crippen LogP contribution in [-0.2, 0) is 6.54 Å². The van der Waals surface area contributed by atoms with Crippen LogP contribution in [0.1, 0.15) is 17.0 Å². The maximum Gasteiger partial charge on any atom is 0.126 e. The van der Waals surface area contributed by atoms with Crippen molar-refractivity contribution < 1.29 is 0 Å². The first-order valence-corrected chi connectivity index (χ1v) is 7.36. The number of fused-ring (bicyclic) bond motifs is 1. The zero-order chi connectivity index (χ0) is 14.1. The van der Waals surface area contributed by atoms with Gasteiger partial charge in [0, 0.05) is 10.2 Å². The Morgan fingerprint density at radius 2 is 1.90 bits per heavy atom. The number of hydrogen-bond donors (Lipinski definition) is 2. The van der Waals surface area contributed by atoms with E-state index in [2.05, 4.69) is 81.5 Å². The molecule has 3 aromatic rings. The third-order valence-corrected chi connectivity index (χ3v) is 3.76. The zero-order valence-corrected chi connectivity index (χ0v) is 13.1. The molecule has 1 heterocycles. The van der Waals surface area contributed by atoms with Crippen molar-refractivity contribution in [3.8, 4) is 0 Å². The van der Waals surface area contributed by atoms with Gasteiger partial charge in [-0.2, -0.15) is 0 Å². The van der Waals surface area contributed by atoms with Crippen molar-refractivity contribution in [1.82, 2.24) is 9.97 Å². The molecule has 0 bridgehead atoms. The summed E-state index contributed by atoms with van der Waals surface area (Å²) in [6.07, 6.45) is 0. The quantitative estimate of drug-likeness (QED) is 0.739. The van der Waals surface area contributed by atoms with E-state index in [9.17, 15) is 0 Å². The second-order valence-electron chi connectivity index (χ2n) is 5.02. The Kier molecular flexibility index (Phi) is 3.49. The van der Waals surface area contributed by atoms with E-state index in [1.54, 1.807) is 0 Å². The number of nitrogens with zero attached hydrogens (tertiary/aromatic N) is 1. The minimum absolute atomic E-state index is 0.689. The van der Waals surface area contributed by atoms with Gasteiger partial charge in [-0.05, 0) is 43.7 Å². The lowest BCUT2D eigenvalue weighted by molar-refractivity contribution is 1.01. The Balaban J connectivity index is 1.81. The number of imidazole rings is 1. The number of aromatic amines is 1. The molecule has 0 radical (unpaired) electrons. The largest absolute Gasteiger partial charge is 0.378 e. The van der Waals surface area contributed by atoms with Gasteiger partial charge in [-0.3, -0.25) is 0 Å². The highest BCUT2D eigenvalue weighted by molar-refractivity contribution is 9.10. The molecule has 4 heteroatoms. The smallest absolute Gasteiger partial charge is 0.126 e. The van der Waals surface area contributed by atoms with Crippen molar-refractivity contribution in [2.24, 2.45) is 0 Å². The Morgan fingerprint density at radius 1 is 1.15 bits per heavy atom. The van der Waals surface area contributed by atoms with Crippen LogP contribution in [0.15, 0.2) is 40.9 Å². The second-order valence-corrected chi connectivity index (χ2v) is 5.94. The van der Waals surface area contributed by atoms with E-state index in [-0.39, 0.29) is 0 Å². The monoisotopic (exact) mass is 329 g/mol. The molecule has 20 heavy (non-hydrogen) atoms. The standard InChI is InChI=1S/C16H16BrN3/c1-10-3-5-13(6-4-10)18-9-15-19-14-8-12(17)7-11(2)16(14)20-15/h3-8,18H,9H2,1-2H3,(H,19,20). The molecule has 0 spiro atoms. The lowest BCUT2D eigenvalue weighted by atomic mass is 10.2. The summed E-state index contributed by atoms with van der Waals surface area (Å²) in [6.45, 7) is 4.85. The molecule has 0 aliphatic rings. The topological polar surface area (TPSA) is 40.7 Å². The van der Waals surface area contributed by atoms with Crippen molar-refractivity contribution >= 4 is 32.7 Å². The highest BCUT2D eigenvalue weighted by Gasteiger charge is 2.06. The highest BCUT2D eigenvalue weighted by atomic mass is 79.9. The Bertz CT molecular complexity index is 744. The van der Waals surface area contributed by atoms with Crippen LogP contribution >= 0.6 is 15.9 Å². The van der Waals surface area contributed by atoms with E-state index in [1.165, 1.54) is 11.1 Å². The van der Waals surface area contributed by atoms with E-state index >= 15 is 0 Å². The molecule has 0 atom stereocenters. The predicted molar refractivity (Wildman–Crippen MR) is 87.0 cm³/mol. The number of nitrogens with one attached hydrogen (secondary N) is 2. The lowest BCUT2D eigenvalue weighted by Crippen LogP contribution is -2.00. The number of halogens is 1. The average molecular weight is 330 g/mol. The molecule has 2 N–H and O–H groups in total. The van der Waals surface area contributed by atoms with Crippen molar-refractivity contribution in [2.75, 3.05) is 5.32 Å². The van der Waals surface area contributed by atoms with Crippen LogP contribution in [0.3, 0.4) is 0 Å². The SMILES string of the molecule is Cc1ccc(NCc2nc3c(C)cc(Br)cc3[nH]2)cc1. The Labute approximate surface area is 126 Å². The van der Waals surface area contributed by atoms with E-state index in [4.69, 9.17) is 0 Å². The molecule has 1 aromatic heterocycles. The van der Waals surface area contributed by atoms with Gasteiger partial charge in [0.05, 0.1) is 17.6 Å². The average Bonchev–Trinajstić information content (AvgIpc) is 2.81. The summed E-state index contributed by atoms with van der Waals surface area (Å²) in [5, 5.41) is 3.38. The number of rotatable bonds is 3. The van der Waals surface area contributed by atoms with Gasteiger partial charge >= 0.3 is 0 Å². The number of anilines is 1. The molecule has 0 amide bonds. The molecule has 3 rings (SSSR count). The van der Waals surface area contributed by atoms with Crippen LogP contribution in [-0.4, -0.2) is 9.97 Å². The summed E-state index contributed by atoms with van der Waals surface area (Å²) in [5.41, 5.74) is 5.65. The summed E-state index contributed by atoms with van der Waals surface area (Å²) in [7, 11) is 0. The molecule has 2 aromatic carbocycles. The third kappa shape index (κ3) is 2.70. The number of hydrogen-bond acceptors (Lipinski definition) is 2.